The third kappa shape index (κ3) is 4.57. The minimum atomic E-state index is -2.05. The standard InChI is InChI=1S/C6H2Cl9N3/c7-4(8,9)3-1-2-17(5(10,11)12)18(16-3)6(13,14)15/h1-2H. The highest BCUT2D eigenvalue weighted by Gasteiger charge is 2.44. The van der Waals surface area contributed by atoms with E-state index in [1.165, 1.54) is 12.3 Å². The molecule has 1 heterocycles. The average Bonchev–Trinajstić information content (AvgIpc) is 2.12. The Kier molecular flexibility index (Phi) is 5.68. The van der Waals surface area contributed by atoms with Gasteiger partial charge >= 0.3 is 3.92 Å². The Morgan fingerprint density at radius 3 is 1.67 bits per heavy atom. The summed E-state index contributed by atoms with van der Waals surface area (Å²) in [5, 5.41) is 5.50. The van der Waals surface area contributed by atoms with Crippen molar-refractivity contribution >= 4 is 110 Å². The van der Waals surface area contributed by atoms with Crippen LogP contribution in [0.1, 0.15) is 0 Å². The zero-order chi connectivity index (χ0) is 14.4. The minimum absolute atomic E-state index is 0.00988. The fourth-order valence-electron chi connectivity index (χ4n) is 0.910. The summed E-state index contributed by atoms with van der Waals surface area (Å²) in [6.07, 6.45) is 2.56. The molecule has 0 saturated heterocycles. The van der Waals surface area contributed by atoms with Crippen LogP contribution in [0.3, 0.4) is 0 Å². The van der Waals surface area contributed by atoms with Crippen molar-refractivity contribution in [3.05, 3.63) is 12.3 Å². The highest BCUT2D eigenvalue weighted by atomic mass is 35.6. The lowest BCUT2D eigenvalue weighted by Gasteiger charge is -2.41. The summed E-state index contributed by atoms with van der Waals surface area (Å²) < 4.78 is -5.80. The van der Waals surface area contributed by atoms with Crippen molar-refractivity contribution in [1.29, 1.82) is 0 Å². The molecule has 1 aliphatic heterocycles. The minimum Gasteiger partial charge on any atom is -0.224 e. The van der Waals surface area contributed by atoms with Gasteiger partial charge in [-0.2, -0.15) is 5.10 Å². The maximum atomic E-state index is 5.70. The van der Waals surface area contributed by atoms with Crippen molar-refractivity contribution < 1.29 is 0 Å². The number of allylic oxidation sites excluding steroid dienone is 1. The number of alkyl halides is 9. The Bertz CT molecular complexity index is 373. The summed E-state index contributed by atoms with van der Waals surface area (Å²) >= 11 is 51.2. The molecule has 0 saturated carbocycles. The molecule has 1 aliphatic rings. The lowest BCUT2D eigenvalue weighted by molar-refractivity contribution is 0.0131. The first-order valence-corrected chi connectivity index (χ1v) is 7.30. The van der Waals surface area contributed by atoms with Crippen LogP contribution in [0.4, 0.5) is 0 Å². The van der Waals surface area contributed by atoms with E-state index in [2.05, 4.69) is 5.10 Å². The Labute approximate surface area is 148 Å². The van der Waals surface area contributed by atoms with Crippen molar-refractivity contribution in [3.8, 4) is 0 Å². The molecule has 0 unspecified atom stereocenters. The normalized spacial score (nSPS) is 18.2. The number of hydrazine groups is 1. The van der Waals surface area contributed by atoms with Gasteiger partial charge in [-0.1, -0.05) is 104 Å². The zero-order valence-corrected chi connectivity index (χ0v) is 14.7. The van der Waals surface area contributed by atoms with Crippen LogP contribution >= 0.6 is 104 Å². The Balaban J connectivity index is 3.18. The number of nitrogens with zero attached hydrogens (tertiary/aromatic N) is 3. The molecular weight excluding hydrogens is 433 g/mol. The maximum absolute atomic E-state index is 5.70. The summed E-state index contributed by atoms with van der Waals surface area (Å²) in [5.74, 6) is 0. The molecule has 3 nitrogen and oxygen atoms in total. The van der Waals surface area contributed by atoms with Gasteiger partial charge in [-0.05, 0) is 6.08 Å². The van der Waals surface area contributed by atoms with E-state index in [9.17, 15) is 0 Å². The third-order valence-corrected chi connectivity index (χ3v) is 3.11. The fourth-order valence-corrected chi connectivity index (χ4v) is 1.95. The summed E-state index contributed by atoms with van der Waals surface area (Å²) in [7, 11) is 0. The second-order valence-electron chi connectivity index (χ2n) is 2.87. The first-order valence-electron chi connectivity index (χ1n) is 3.90. The van der Waals surface area contributed by atoms with Crippen molar-refractivity contribution in [2.45, 2.75) is 11.6 Å². The van der Waals surface area contributed by atoms with E-state index in [-0.39, 0.29) is 5.71 Å². The Hall–Kier alpha value is 1.62. The van der Waals surface area contributed by atoms with Crippen LogP contribution in [0.5, 0.6) is 0 Å². The van der Waals surface area contributed by atoms with E-state index in [4.69, 9.17) is 104 Å². The van der Waals surface area contributed by atoms with Crippen LogP contribution in [0.2, 0.25) is 0 Å². The predicted octanol–water partition coefficient (Wildman–Crippen LogP) is 5.41. The zero-order valence-electron chi connectivity index (χ0n) is 7.90. The van der Waals surface area contributed by atoms with Gasteiger partial charge in [0.05, 0.1) is 0 Å². The van der Waals surface area contributed by atoms with Crippen molar-refractivity contribution in [1.82, 2.24) is 10.1 Å². The van der Waals surface area contributed by atoms with Crippen LogP contribution in [0.25, 0.3) is 0 Å². The van der Waals surface area contributed by atoms with Gasteiger partial charge in [-0.3, -0.25) is 0 Å². The molecular formula is C6H2Cl9N3. The van der Waals surface area contributed by atoms with Crippen LogP contribution in [-0.4, -0.2) is 27.5 Å². The van der Waals surface area contributed by atoms with Gasteiger partial charge in [0, 0.05) is 6.20 Å². The van der Waals surface area contributed by atoms with Crippen LogP contribution in [0, 0.1) is 0 Å². The summed E-state index contributed by atoms with van der Waals surface area (Å²) in [5.41, 5.74) is -0.00988. The van der Waals surface area contributed by atoms with Crippen LogP contribution in [-0.2, 0) is 0 Å². The van der Waals surface area contributed by atoms with Gasteiger partial charge in [0.15, 0.2) is 0 Å². The number of hydrogen-bond acceptors (Lipinski definition) is 3. The predicted molar refractivity (Wildman–Crippen MR) is 81.1 cm³/mol. The second-order valence-corrected chi connectivity index (χ2v) is 9.59. The monoisotopic (exact) mass is 431 g/mol. The summed E-state index contributed by atoms with van der Waals surface area (Å²) in [6.45, 7) is 0. The number of hydrazone groups is 1. The topological polar surface area (TPSA) is 18.8 Å². The highest BCUT2D eigenvalue weighted by molar-refractivity contribution is 6.77. The average molecular weight is 435 g/mol. The van der Waals surface area contributed by atoms with Crippen molar-refractivity contribution in [2.24, 2.45) is 5.10 Å². The van der Waals surface area contributed by atoms with E-state index in [0.29, 0.717) is 0 Å². The molecule has 0 aromatic heterocycles. The Morgan fingerprint density at radius 2 is 1.33 bits per heavy atom. The lowest BCUT2D eigenvalue weighted by Crippen LogP contribution is -2.51. The van der Waals surface area contributed by atoms with Gasteiger partial charge in [0.2, 0.25) is 3.79 Å². The molecule has 1 rings (SSSR count). The smallest absolute Gasteiger partial charge is 0.224 e. The first-order chi connectivity index (χ1) is 7.83. The molecule has 12 heteroatoms. The molecule has 0 amide bonds. The van der Waals surface area contributed by atoms with Crippen LogP contribution < -0.4 is 0 Å². The molecule has 0 atom stereocenters. The molecule has 0 spiro atoms. The molecule has 0 N–H and O–H groups in total. The van der Waals surface area contributed by atoms with Gasteiger partial charge in [0.1, 0.15) is 5.71 Å². The van der Waals surface area contributed by atoms with Gasteiger partial charge in [-0.25, -0.2) is 5.01 Å². The summed E-state index contributed by atoms with van der Waals surface area (Å²) in [6, 6.07) is 0. The molecule has 0 fully saturated rings. The maximum Gasteiger partial charge on any atom is 0.302 e. The number of rotatable bonds is 0. The Morgan fingerprint density at radius 1 is 0.833 bits per heavy atom. The van der Waals surface area contributed by atoms with Gasteiger partial charge < -0.3 is 0 Å². The molecule has 0 aromatic carbocycles. The van der Waals surface area contributed by atoms with Gasteiger partial charge in [0.25, 0.3) is 3.92 Å². The first kappa shape index (κ1) is 17.7. The second kappa shape index (κ2) is 5.78. The molecule has 0 aromatic rings. The molecule has 18 heavy (non-hydrogen) atoms. The van der Waals surface area contributed by atoms with E-state index in [1.807, 2.05) is 0 Å². The van der Waals surface area contributed by atoms with E-state index in [0.717, 1.165) is 10.1 Å². The highest BCUT2D eigenvalue weighted by Crippen LogP contribution is 2.43. The van der Waals surface area contributed by atoms with E-state index < -0.39 is 11.6 Å². The van der Waals surface area contributed by atoms with E-state index >= 15 is 0 Å². The third-order valence-electron chi connectivity index (χ3n) is 1.56. The number of halogens is 9. The lowest BCUT2D eigenvalue weighted by atomic mass is 10.4. The van der Waals surface area contributed by atoms with Crippen molar-refractivity contribution in [2.75, 3.05) is 0 Å². The fraction of sp³-hybridized carbons (Fsp3) is 0.500. The SMILES string of the molecule is ClC(Cl)(Cl)C1=NN(C(Cl)(Cl)Cl)N(C(Cl)(Cl)Cl)C=C1. The van der Waals surface area contributed by atoms with Crippen LogP contribution in [0.15, 0.2) is 17.4 Å². The largest absolute Gasteiger partial charge is 0.302 e. The molecule has 0 aliphatic carbocycles. The van der Waals surface area contributed by atoms with Crippen molar-refractivity contribution in [3.63, 3.8) is 0 Å². The summed E-state index contributed by atoms with van der Waals surface area (Å²) in [4.78, 5) is 0. The quantitative estimate of drug-likeness (QED) is 0.374. The van der Waals surface area contributed by atoms with Gasteiger partial charge in [-0.15, -0.1) is 5.12 Å². The number of hydrogen-bond donors (Lipinski definition) is 0. The molecule has 104 valence electrons. The molecule has 0 radical (unpaired) electrons. The van der Waals surface area contributed by atoms with E-state index in [1.54, 1.807) is 0 Å². The molecule has 0 bridgehead atoms.